The van der Waals surface area contributed by atoms with Gasteiger partial charge in [0.2, 0.25) is 5.91 Å². The predicted octanol–water partition coefficient (Wildman–Crippen LogP) is 4.13. The van der Waals surface area contributed by atoms with Crippen LogP contribution in [0.1, 0.15) is 29.3 Å². The highest BCUT2D eigenvalue weighted by atomic mass is 19.4. The fourth-order valence-corrected chi connectivity index (χ4v) is 2.73. The summed E-state index contributed by atoms with van der Waals surface area (Å²) < 4.78 is 41.9. The van der Waals surface area contributed by atoms with E-state index < -0.39 is 11.7 Å². The van der Waals surface area contributed by atoms with Gasteiger partial charge in [-0.15, -0.1) is 0 Å². The molecule has 0 saturated heterocycles. The van der Waals surface area contributed by atoms with E-state index >= 15 is 0 Å². The second-order valence-corrected chi connectivity index (χ2v) is 6.48. The van der Waals surface area contributed by atoms with Gasteiger partial charge in [-0.25, -0.2) is 0 Å². The Morgan fingerprint density at radius 2 is 2.07 bits per heavy atom. The number of nitrogens with one attached hydrogen (secondary N) is 1. The highest BCUT2D eigenvalue weighted by Crippen LogP contribution is 2.29. The summed E-state index contributed by atoms with van der Waals surface area (Å²) in [4.78, 5) is 12.1. The summed E-state index contributed by atoms with van der Waals surface area (Å²) in [7, 11) is 0. The van der Waals surface area contributed by atoms with Crippen LogP contribution >= 0.6 is 0 Å². The number of aryl methyl sites for hydroxylation is 2. The van der Waals surface area contributed by atoms with Gasteiger partial charge in [-0.3, -0.25) is 14.2 Å². The van der Waals surface area contributed by atoms with Crippen molar-refractivity contribution in [3.8, 4) is 0 Å². The first kappa shape index (κ1) is 20.4. The minimum absolute atomic E-state index is 0.164. The van der Waals surface area contributed by atoms with E-state index in [9.17, 15) is 18.0 Å². The van der Waals surface area contributed by atoms with Gasteiger partial charge >= 0.3 is 6.18 Å². The Morgan fingerprint density at radius 3 is 2.76 bits per heavy atom. The summed E-state index contributed by atoms with van der Waals surface area (Å²) in [6.07, 6.45) is 2.09. The van der Waals surface area contributed by atoms with Crippen LogP contribution in [0.5, 0.6) is 0 Å². The van der Waals surface area contributed by atoms with Crippen molar-refractivity contribution in [3.63, 3.8) is 0 Å². The first-order chi connectivity index (χ1) is 13.7. The van der Waals surface area contributed by atoms with Crippen LogP contribution in [0.15, 0.2) is 48.8 Å². The predicted molar refractivity (Wildman–Crippen MR) is 103 cm³/mol. The molecule has 0 atom stereocenters. The van der Waals surface area contributed by atoms with Crippen LogP contribution in [0.3, 0.4) is 0 Å². The van der Waals surface area contributed by atoms with Crippen LogP contribution < -0.4 is 5.32 Å². The van der Waals surface area contributed by atoms with E-state index in [-0.39, 0.29) is 12.5 Å². The summed E-state index contributed by atoms with van der Waals surface area (Å²) in [6, 6.07) is 6.76. The van der Waals surface area contributed by atoms with Crippen molar-refractivity contribution in [3.05, 3.63) is 71.2 Å². The lowest BCUT2D eigenvalue weighted by atomic mass is 10.1. The average Bonchev–Trinajstić information content (AvgIpc) is 3.26. The quantitative estimate of drug-likeness (QED) is 0.630. The number of hydrogen-bond donors (Lipinski definition) is 1. The Labute approximate surface area is 165 Å². The summed E-state index contributed by atoms with van der Waals surface area (Å²) >= 11 is 0. The lowest BCUT2D eigenvalue weighted by Gasteiger charge is -2.09. The Balaban J connectivity index is 1.66. The standard InChI is InChI=1S/C20H20F3N5O/c1-3-27-12-16(11-24-27)7-8-19(29)25-18-9-14(2)28(26-18)13-15-5-4-6-17(10-15)20(21,22)23/h4-12H,3,13H2,1-2H3,(H,25,26,29)/b8-7+. The zero-order valence-electron chi connectivity index (χ0n) is 15.9. The van der Waals surface area contributed by atoms with Crippen molar-refractivity contribution in [2.75, 3.05) is 5.32 Å². The zero-order valence-corrected chi connectivity index (χ0v) is 15.9. The number of alkyl halides is 3. The molecule has 3 rings (SSSR count). The Morgan fingerprint density at radius 1 is 1.28 bits per heavy atom. The Kier molecular flexibility index (Phi) is 5.86. The molecule has 9 heteroatoms. The molecule has 0 aliphatic heterocycles. The molecule has 1 amide bonds. The Bertz CT molecular complexity index is 1030. The summed E-state index contributed by atoms with van der Waals surface area (Å²) in [5.41, 5.74) is 1.28. The molecule has 0 fully saturated rings. The summed E-state index contributed by atoms with van der Waals surface area (Å²) in [5.74, 6) is -0.0358. The van der Waals surface area contributed by atoms with Crippen molar-refractivity contribution in [1.82, 2.24) is 19.6 Å². The van der Waals surface area contributed by atoms with Crippen LogP contribution in [0.4, 0.5) is 19.0 Å². The highest BCUT2D eigenvalue weighted by molar-refractivity contribution is 6.01. The number of rotatable bonds is 6. The topological polar surface area (TPSA) is 64.7 Å². The smallest absolute Gasteiger partial charge is 0.306 e. The fraction of sp³-hybridized carbons (Fsp3) is 0.250. The molecule has 6 nitrogen and oxygen atoms in total. The lowest BCUT2D eigenvalue weighted by molar-refractivity contribution is -0.137. The number of carbonyl (C=O) groups excluding carboxylic acids is 1. The maximum Gasteiger partial charge on any atom is 0.416 e. The van der Waals surface area contributed by atoms with Crippen LogP contribution in [0, 0.1) is 6.92 Å². The summed E-state index contributed by atoms with van der Waals surface area (Å²) in [5, 5.41) is 11.0. The van der Waals surface area contributed by atoms with Crippen LogP contribution in [-0.4, -0.2) is 25.5 Å². The SMILES string of the molecule is CCn1cc(/C=C/C(=O)Nc2cc(C)n(Cc3cccc(C(F)(F)F)c3)n2)cn1. The molecule has 0 saturated carbocycles. The highest BCUT2D eigenvalue weighted by Gasteiger charge is 2.30. The molecule has 0 spiro atoms. The molecule has 0 aliphatic rings. The summed E-state index contributed by atoms with van der Waals surface area (Å²) in [6.45, 7) is 4.64. The van der Waals surface area contributed by atoms with Crippen molar-refractivity contribution < 1.29 is 18.0 Å². The first-order valence-corrected chi connectivity index (χ1v) is 8.96. The van der Waals surface area contributed by atoms with Gasteiger partial charge in [0.15, 0.2) is 5.82 Å². The first-order valence-electron chi connectivity index (χ1n) is 8.96. The molecule has 2 heterocycles. The van der Waals surface area contributed by atoms with Crippen molar-refractivity contribution in [2.24, 2.45) is 0 Å². The molecule has 0 bridgehead atoms. The van der Waals surface area contributed by atoms with Gasteiger partial charge in [-0.2, -0.15) is 23.4 Å². The second-order valence-electron chi connectivity index (χ2n) is 6.48. The molecule has 0 radical (unpaired) electrons. The third-order valence-corrected chi connectivity index (χ3v) is 4.22. The number of nitrogens with zero attached hydrogens (tertiary/aromatic N) is 4. The van der Waals surface area contributed by atoms with Gasteiger partial charge in [0, 0.05) is 36.1 Å². The number of amides is 1. The second kappa shape index (κ2) is 8.34. The maximum absolute atomic E-state index is 12.9. The molecule has 3 aromatic rings. The van der Waals surface area contributed by atoms with E-state index in [1.165, 1.54) is 12.1 Å². The Hall–Kier alpha value is -3.36. The molecule has 0 unspecified atom stereocenters. The normalized spacial score (nSPS) is 11.9. The monoisotopic (exact) mass is 403 g/mol. The molecule has 1 N–H and O–H groups in total. The molecule has 2 aromatic heterocycles. The van der Waals surface area contributed by atoms with Gasteiger partial charge in [-0.1, -0.05) is 12.1 Å². The number of aromatic nitrogens is 4. The average molecular weight is 403 g/mol. The van der Waals surface area contributed by atoms with E-state index in [0.29, 0.717) is 17.1 Å². The number of carbonyl (C=O) groups is 1. The van der Waals surface area contributed by atoms with E-state index in [2.05, 4.69) is 15.5 Å². The molecule has 29 heavy (non-hydrogen) atoms. The third kappa shape index (κ3) is 5.34. The molecule has 0 aliphatic carbocycles. The molecule has 152 valence electrons. The van der Waals surface area contributed by atoms with Crippen LogP contribution in [0.25, 0.3) is 6.08 Å². The van der Waals surface area contributed by atoms with Gasteiger partial charge < -0.3 is 5.32 Å². The molecular weight excluding hydrogens is 383 g/mol. The number of halogens is 3. The minimum Gasteiger partial charge on any atom is -0.306 e. The van der Waals surface area contributed by atoms with Crippen LogP contribution in [0.2, 0.25) is 0 Å². The number of benzene rings is 1. The van der Waals surface area contributed by atoms with Crippen molar-refractivity contribution in [2.45, 2.75) is 33.1 Å². The van der Waals surface area contributed by atoms with Gasteiger partial charge in [0.1, 0.15) is 0 Å². The lowest BCUT2D eigenvalue weighted by Crippen LogP contribution is -2.10. The zero-order chi connectivity index (χ0) is 21.0. The van der Waals surface area contributed by atoms with Crippen molar-refractivity contribution in [1.29, 1.82) is 0 Å². The van der Waals surface area contributed by atoms with Gasteiger partial charge in [-0.05, 0) is 37.6 Å². The van der Waals surface area contributed by atoms with E-state index in [4.69, 9.17) is 0 Å². The number of hydrogen-bond acceptors (Lipinski definition) is 3. The van der Waals surface area contributed by atoms with E-state index in [1.54, 1.807) is 40.7 Å². The molecular formula is C20H20F3N5O. The molecule has 1 aromatic carbocycles. The maximum atomic E-state index is 12.9. The van der Waals surface area contributed by atoms with Gasteiger partial charge in [0.05, 0.1) is 18.3 Å². The number of anilines is 1. The third-order valence-electron chi connectivity index (χ3n) is 4.22. The minimum atomic E-state index is -4.39. The van der Waals surface area contributed by atoms with Crippen molar-refractivity contribution >= 4 is 17.8 Å². The van der Waals surface area contributed by atoms with E-state index in [1.807, 2.05) is 13.1 Å². The fourth-order valence-electron chi connectivity index (χ4n) is 2.73. The van der Waals surface area contributed by atoms with E-state index in [0.717, 1.165) is 24.2 Å². The largest absolute Gasteiger partial charge is 0.416 e. The van der Waals surface area contributed by atoms with Crippen LogP contribution in [-0.2, 0) is 24.1 Å². The van der Waals surface area contributed by atoms with Gasteiger partial charge in [0.25, 0.3) is 0 Å².